The molecule has 2 heterocycles. The molecule has 1 atom stereocenters. The molecule has 98 valence electrons. The molecular weight excluding hydrogens is 244 g/mol. The summed E-state index contributed by atoms with van der Waals surface area (Å²) >= 11 is 1.73. The van der Waals surface area contributed by atoms with Gasteiger partial charge >= 0.3 is 0 Å². The monoisotopic (exact) mass is 264 g/mol. The highest BCUT2D eigenvalue weighted by Gasteiger charge is 2.12. The van der Waals surface area contributed by atoms with Crippen LogP contribution >= 0.6 is 11.3 Å². The molecule has 0 saturated carbocycles. The van der Waals surface area contributed by atoms with Crippen LogP contribution in [0.2, 0.25) is 0 Å². The summed E-state index contributed by atoms with van der Waals surface area (Å²) in [5, 5.41) is 7.80. The zero-order chi connectivity index (χ0) is 12.8. The third-order valence-electron chi connectivity index (χ3n) is 2.92. The largest absolute Gasteiger partial charge is 0.309 e. The quantitative estimate of drug-likeness (QED) is 0.835. The van der Waals surface area contributed by atoms with Gasteiger partial charge in [0.2, 0.25) is 0 Å². The van der Waals surface area contributed by atoms with E-state index in [-0.39, 0.29) is 0 Å². The average molecular weight is 264 g/mol. The Bertz CT molecular complexity index is 449. The molecule has 0 amide bonds. The fourth-order valence-corrected chi connectivity index (χ4v) is 2.70. The molecule has 0 aromatic carbocycles. The van der Waals surface area contributed by atoms with Crippen LogP contribution in [0.3, 0.4) is 0 Å². The minimum Gasteiger partial charge on any atom is -0.309 e. The van der Waals surface area contributed by atoms with E-state index in [0.717, 1.165) is 25.8 Å². The van der Waals surface area contributed by atoms with E-state index in [0.29, 0.717) is 6.04 Å². The van der Waals surface area contributed by atoms with Gasteiger partial charge in [-0.1, -0.05) is 6.92 Å². The van der Waals surface area contributed by atoms with Gasteiger partial charge in [-0.15, -0.1) is 11.3 Å². The highest BCUT2D eigenvalue weighted by atomic mass is 32.1. The lowest BCUT2D eigenvalue weighted by Gasteiger charge is -2.16. The van der Waals surface area contributed by atoms with E-state index >= 15 is 0 Å². The van der Waals surface area contributed by atoms with Crippen LogP contribution in [-0.2, 0) is 13.5 Å². The average Bonchev–Trinajstić information content (AvgIpc) is 3.01. The molecule has 0 aliphatic carbocycles. The minimum absolute atomic E-state index is 0.414. The Morgan fingerprint density at radius 2 is 2.33 bits per heavy atom. The van der Waals surface area contributed by atoms with Crippen molar-refractivity contribution in [2.45, 2.75) is 32.2 Å². The molecule has 0 fully saturated rings. The Hall–Kier alpha value is -1.20. The van der Waals surface area contributed by atoms with Crippen LogP contribution < -0.4 is 5.32 Å². The van der Waals surface area contributed by atoms with Gasteiger partial charge < -0.3 is 5.32 Å². The smallest absolute Gasteiger partial charge is 0.0794 e. The Labute approximate surface area is 112 Å². The molecule has 0 radical (unpaired) electrons. The fraction of sp³-hybridized carbons (Fsp3) is 0.538. The van der Waals surface area contributed by atoms with Crippen LogP contribution in [0.5, 0.6) is 0 Å². The van der Waals surface area contributed by atoms with Crippen LogP contribution in [0, 0.1) is 0 Å². The first-order valence-corrected chi connectivity index (χ1v) is 7.27. The summed E-state index contributed by atoms with van der Waals surface area (Å²) in [5.74, 6) is 0. The lowest BCUT2D eigenvalue weighted by molar-refractivity contribution is 0.505. The number of aromatic nitrogens is 3. The van der Waals surface area contributed by atoms with E-state index in [9.17, 15) is 0 Å². The summed E-state index contributed by atoms with van der Waals surface area (Å²) in [6, 6.07) is 0.414. The number of hydrogen-bond donors (Lipinski definition) is 1. The fourth-order valence-electron chi connectivity index (χ4n) is 1.97. The molecule has 0 aliphatic heterocycles. The second-order valence-electron chi connectivity index (χ2n) is 4.47. The zero-order valence-electron chi connectivity index (χ0n) is 11.0. The Kier molecular flexibility index (Phi) is 4.90. The van der Waals surface area contributed by atoms with Crippen LogP contribution in [0.15, 0.2) is 24.1 Å². The van der Waals surface area contributed by atoms with Crippen LogP contribution in [0.4, 0.5) is 0 Å². The van der Waals surface area contributed by atoms with Gasteiger partial charge in [0.25, 0.3) is 0 Å². The van der Waals surface area contributed by atoms with E-state index in [1.165, 1.54) is 10.4 Å². The third kappa shape index (κ3) is 3.65. The number of rotatable bonds is 7. The van der Waals surface area contributed by atoms with Crippen molar-refractivity contribution in [1.29, 1.82) is 0 Å². The normalized spacial score (nSPS) is 12.8. The van der Waals surface area contributed by atoms with Crippen LogP contribution in [-0.4, -0.2) is 21.3 Å². The predicted molar refractivity (Wildman–Crippen MR) is 74.7 cm³/mol. The van der Waals surface area contributed by atoms with Gasteiger partial charge in [-0.25, -0.2) is 0 Å². The zero-order valence-corrected chi connectivity index (χ0v) is 11.8. The number of nitrogens with zero attached hydrogens (tertiary/aromatic N) is 3. The lowest BCUT2D eigenvalue weighted by Crippen LogP contribution is -2.21. The van der Waals surface area contributed by atoms with Gasteiger partial charge in [0.1, 0.15) is 0 Å². The van der Waals surface area contributed by atoms with Gasteiger partial charge in [0, 0.05) is 30.4 Å². The molecule has 4 nitrogen and oxygen atoms in total. The first-order valence-electron chi connectivity index (χ1n) is 6.39. The Morgan fingerprint density at radius 1 is 1.44 bits per heavy atom. The summed E-state index contributed by atoms with van der Waals surface area (Å²) in [7, 11) is 1.96. The SMILES string of the molecule is CCCNC(CCc1cnn(C)c1)c1cncs1. The van der Waals surface area contributed by atoms with Crippen molar-refractivity contribution in [2.75, 3.05) is 6.54 Å². The summed E-state index contributed by atoms with van der Waals surface area (Å²) < 4.78 is 1.86. The van der Waals surface area contributed by atoms with Crippen LogP contribution in [0.25, 0.3) is 0 Å². The highest BCUT2D eigenvalue weighted by Crippen LogP contribution is 2.22. The standard InChI is InChI=1S/C13H20N4S/c1-3-6-15-12(13-8-14-10-18-13)5-4-11-7-16-17(2)9-11/h7-10,12,15H,3-6H2,1-2H3. The van der Waals surface area contributed by atoms with Gasteiger partial charge in [0.05, 0.1) is 11.7 Å². The van der Waals surface area contributed by atoms with Crippen molar-refractivity contribution in [3.05, 3.63) is 34.5 Å². The number of nitrogens with one attached hydrogen (secondary N) is 1. The van der Waals surface area contributed by atoms with Crippen molar-refractivity contribution in [2.24, 2.45) is 7.05 Å². The van der Waals surface area contributed by atoms with E-state index in [1.54, 1.807) is 11.3 Å². The molecule has 2 aromatic rings. The molecule has 1 unspecified atom stereocenters. The Balaban J connectivity index is 1.93. The number of hydrogen-bond acceptors (Lipinski definition) is 4. The first kappa shape index (κ1) is 13.2. The topological polar surface area (TPSA) is 42.7 Å². The van der Waals surface area contributed by atoms with Gasteiger partial charge in [-0.05, 0) is 31.4 Å². The first-order chi connectivity index (χ1) is 8.79. The van der Waals surface area contributed by atoms with Gasteiger partial charge in [0.15, 0.2) is 0 Å². The van der Waals surface area contributed by atoms with E-state index in [2.05, 4.69) is 28.5 Å². The highest BCUT2D eigenvalue weighted by molar-refractivity contribution is 7.09. The minimum atomic E-state index is 0.414. The van der Waals surface area contributed by atoms with Crippen molar-refractivity contribution >= 4 is 11.3 Å². The van der Waals surface area contributed by atoms with E-state index in [1.807, 2.05) is 29.6 Å². The molecule has 2 rings (SSSR count). The molecule has 18 heavy (non-hydrogen) atoms. The second-order valence-corrected chi connectivity index (χ2v) is 5.39. The summed E-state index contributed by atoms with van der Waals surface area (Å²) in [6.07, 6.45) is 9.30. The second kappa shape index (κ2) is 6.66. The molecular formula is C13H20N4S. The lowest BCUT2D eigenvalue weighted by atomic mass is 10.1. The number of thiazole rings is 1. The maximum Gasteiger partial charge on any atom is 0.0794 e. The Morgan fingerprint density at radius 3 is 2.94 bits per heavy atom. The maximum absolute atomic E-state index is 4.21. The molecule has 2 aromatic heterocycles. The molecule has 0 saturated heterocycles. The third-order valence-corrected chi connectivity index (χ3v) is 3.80. The maximum atomic E-state index is 4.21. The van der Waals surface area contributed by atoms with Crippen molar-refractivity contribution in [3.63, 3.8) is 0 Å². The van der Waals surface area contributed by atoms with Gasteiger partial charge in [-0.3, -0.25) is 9.67 Å². The van der Waals surface area contributed by atoms with Crippen molar-refractivity contribution in [1.82, 2.24) is 20.1 Å². The molecule has 0 spiro atoms. The van der Waals surface area contributed by atoms with E-state index in [4.69, 9.17) is 0 Å². The molecule has 5 heteroatoms. The van der Waals surface area contributed by atoms with E-state index < -0.39 is 0 Å². The summed E-state index contributed by atoms with van der Waals surface area (Å²) in [4.78, 5) is 5.50. The molecule has 1 N–H and O–H groups in total. The molecule has 0 bridgehead atoms. The van der Waals surface area contributed by atoms with Crippen molar-refractivity contribution < 1.29 is 0 Å². The predicted octanol–water partition coefficient (Wildman–Crippen LogP) is 2.55. The number of aryl methyl sites for hydroxylation is 2. The van der Waals surface area contributed by atoms with Crippen molar-refractivity contribution in [3.8, 4) is 0 Å². The summed E-state index contributed by atoms with van der Waals surface area (Å²) in [5.41, 5.74) is 3.20. The van der Waals surface area contributed by atoms with Crippen LogP contribution in [0.1, 0.15) is 36.2 Å². The molecule has 0 aliphatic rings. The summed E-state index contributed by atoms with van der Waals surface area (Å²) in [6.45, 7) is 3.24. The van der Waals surface area contributed by atoms with Gasteiger partial charge in [-0.2, -0.15) is 5.10 Å².